The summed E-state index contributed by atoms with van der Waals surface area (Å²) >= 11 is 0. The second kappa shape index (κ2) is 9.70. The number of hydrogen-bond donors (Lipinski definition) is 1. The summed E-state index contributed by atoms with van der Waals surface area (Å²) in [4.78, 5) is 24.5. The maximum absolute atomic E-state index is 13.0. The van der Waals surface area contributed by atoms with Crippen LogP contribution in [0.2, 0.25) is 0 Å². The minimum atomic E-state index is -0.0843. The molecular formula is C29H26N4O3. The Balaban J connectivity index is 1.18. The first-order chi connectivity index (χ1) is 17.7. The molecule has 0 aliphatic carbocycles. The fourth-order valence-electron chi connectivity index (χ4n) is 4.79. The highest BCUT2D eigenvalue weighted by Gasteiger charge is 2.23. The molecule has 6 rings (SSSR count). The Morgan fingerprint density at radius 2 is 1.50 bits per heavy atom. The van der Waals surface area contributed by atoms with Gasteiger partial charge in [-0.25, -0.2) is 14.8 Å². The largest absolute Gasteiger partial charge is 0.463 e. The number of benzene rings is 2. The predicted molar refractivity (Wildman–Crippen MR) is 138 cm³/mol. The number of piperidine rings is 1. The van der Waals surface area contributed by atoms with Crippen LogP contribution in [0.3, 0.4) is 0 Å². The number of nitrogens with one attached hydrogen (secondary N) is 1. The highest BCUT2D eigenvalue weighted by Crippen LogP contribution is 2.32. The number of fused-ring (bicyclic) bond motifs is 1. The van der Waals surface area contributed by atoms with Gasteiger partial charge in [-0.05, 0) is 73.2 Å². The monoisotopic (exact) mass is 478 g/mol. The second-order valence-electron chi connectivity index (χ2n) is 9.13. The molecule has 0 atom stereocenters. The molecule has 5 aromatic rings. The lowest BCUT2D eigenvalue weighted by molar-refractivity contribution is 0.182. The van der Waals surface area contributed by atoms with Crippen LogP contribution in [0.1, 0.15) is 18.4 Å². The molecule has 0 spiro atoms. The van der Waals surface area contributed by atoms with Crippen LogP contribution in [0, 0.1) is 5.92 Å². The number of amides is 2. The lowest BCUT2D eigenvalue weighted by Gasteiger charge is -2.32. The summed E-state index contributed by atoms with van der Waals surface area (Å²) < 4.78 is 11.2. The van der Waals surface area contributed by atoms with Crippen LogP contribution in [0.5, 0.6) is 0 Å². The molecule has 0 unspecified atom stereocenters. The van der Waals surface area contributed by atoms with Gasteiger partial charge in [0.1, 0.15) is 11.4 Å². The van der Waals surface area contributed by atoms with Gasteiger partial charge in [0, 0.05) is 18.8 Å². The summed E-state index contributed by atoms with van der Waals surface area (Å²) in [5, 5.41) is 3.04. The zero-order chi connectivity index (χ0) is 24.3. The Hall–Kier alpha value is -4.39. The first-order valence-corrected chi connectivity index (χ1v) is 12.2. The number of nitrogens with zero attached hydrogens (tertiary/aromatic N) is 3. The topological polar surface area (TPSA) is 84.4 Å². The van der Waals surface area contributed by atoms with Gasteiger partial charge >= 0.3 is 6.03 Å². The number of carbonyl (C=O) groups is 1. The van der Waals surface area contributed by atoms with Crippen molar-refractivity contribution in [1.29, 1.82) is 0 Å². The third kappa shape index (κ3) is 4.60. The third-order valence-electron chi connectivity index (χ3n) is 6.69. The van der Waals surface area contributed by atoms with Crippen LogP contribution in [0.4, 0.5) is 10.5 Å². The van der Waals surface area contributed by atoms with E-state index in [1.54, 1.807) is 12.5 Å². The standard InChI is InChI=1S/C29H26N4O3/c34-29(33-14-12-21(13-15-33)18-20-6-2-1-3-7-20)30-22-10-11-23-24(19-22)32-28(26-9-5-17-36-26)27(31-23)25-8-4-16-35-25/h1-11,16-17,19,21H,12-15,18H2,(H,30,34). The van der Waals surface area contributed by atoms with Crippen molar-refractivity contribution >= 4 is 22.8 Å². The first-order valence-electron chi connectivity index (χ1n) is 12.2. The number of urea groups is 1. The van der Waals surface area contributed by atoms with Gasteiger partial charge in [0.15, 0.2) is 11.5 Å². The van der Waals surface area contributed by atoms with Crippen LogP contribution < -0.4 is 5.32 Å². The van der Waals surface area contributed by atoms with Gasteiger partial charge in [0.2, 0.25) is 0 Å². The maximum Gasteiger partial charge on any atom is 0.321 e. The van der Waals surface area contributed by atoms with E-state index in [0.29, 0.717) is 45.5 Å². The third-order valence-corrected chi connectivity index (χ3v) is 6.69. The molecule has 1 aliphatic heterocycles. The van der Waals surface area contributed by atoms with Crippen molar-refractivity contribution in [2.75, 3.05) is 18.4 Å². The molecule has 7 nitrogen and oxygen atoms in total. The summed E-state index contributed by atoms with van der Waals surface area (Å²) in [5.74, 6) is 1.82. The van der Waals surface area contributed by atoms with Crippen molar-refractivity contribution in [3.05, 3.63) is 90.9 Å². The fourth-order valence-corrected chi connectivity index (χ4v) is 4.79. The summed E-state index contributed by atoms with van der Waals surface area (Å²) in [6, 6.07) is 23.4. The first kappa shape index (κ1) is 22.1. The fraction of sp³-hybridized carbons (Fsp3) is 0.207. The van der Waals surface area contributed by atoms with Crippen molar-refractivity contribution < 1.29 is 13.6 Å². The molecule has 4 heterocycles. The molecule has 7 heteroatoms. The normalized spacial score (nSPS) is 14.3. The van der Waals surface area contributed by atoms with E-state index in [1.807, 2.05) is 53.4 Å². The molecule has 2 aromatic carbocycles. The summed E-state index contributed by atoms with van der Waals surface area (Å²) in [5.41, 5.74) is 4.61. The molecule has 0 saturated carbocycles. The quantitative estimate of drug-likeness (QED) is 0.306. The minimum absolute atomic E-state index is 0.0843. The molecule has 36 heavy (non-hydrogen) atoms. The van der Waals surface area contributed by atoms with Crippen LogP contribution in [-0.4, -0.2) is 34.0 Å². The van der Waals surface area contributed by atoms with Crippen molar-refractivity contribution in [3.63, 3.8) is 0 Å². The van der Waals surface area contributed by atoms with E-state index < -0.39 is 0 Å². The van der Waals surface area contributed by atoms with E-state index in [-0.39, 0.29) is 6.03 Å². The lowest BCUT2D eigenvalue weighted by atomic mass is 9.90. The zero-order valence-electron chi connectivity index (χ0n) is 19.8. The van der Waals surface area contributed by atoms with Crippen LogP contribution in [-0.2, 0) is 6.42 Å². The van der Waals surface area contributed by atoms with Crippen LogP contribution >= 0.6 is 0 Å². The molecule has 180 valence electrons. The Labute approximate surface area is 208 Å². The van der Waals surface area contributed by atoms with Crippen LogP contribution in [0.25, 0.3) is 33.9 Å². The SMILES string of the molecule is O=C(Nc1ccc2nc(-c3ccco3)c(-c3ccco3)nc2c1)N1CCC(Cc2ccccc2)CC1. The molecule has 1 saturated heterocycles. The van der Waals surface area contributed by atoms with Gasteiger partial charge in [-0.3, -0.25) is 0 Å². The van der Waals surface area contributed by atoms with E-state index in [9.17, 15) is 4.79 Å². The van der Waals surface area contributed by atoms with Crippen molar-refractivity contribution in [2.24, 2.45) is 5.92 Å². The Morgan fingerprint density at radius 3 is 2.14 bits per heavy atom. The van der Waals surface area contributed by atoms with Crippen LogP contribution in [0.15, 0.2) is 94.2 Å². The average Bonchev–Trinajstić information content (AvgIpc) is 3.64. The van der Waals surface area contributed by atoms with Crippen molar-refractivity contribution in [1.82, 2.24) is 14.9 Å². The van der Waals surface area contributed by atoms with Gasteiger partial charge in [-0.15, -0.1) is 0 Å². The van der Waals surface area contributed by atoms with E-state index in [1.165, 1.54) is 5.56 Å². The van der Waals surface area contributed by atoms with E-state index in [2.05, 4.69) is 29.6 Å². The number of carbonyl (C=O) groups excluding carboxylic acids is 1. The molecule has 2 amide bonds. The molecule has 0 bridgehead atoms. The van der Waals surface area contributed by atoms with Gasteiger partial charge in [0.25, 0.3) is 0 Å². The lowest BCUT2D eigenvalue weighted by Crippen LogP contribution is -2.41. The summed E-state index contributed by atoms with van der Waals surface area (Å²) in [7, 11) is 0. The Bertz CT molecular complexity index is 1460. The van der Waals surface area contributed by atoms with Crippen molar-refractivity contribution in [2.45, 2.75) is 19.3 Å². The molecule has 1 N–H and O–H groups in total. The minimum Gasteiger partial charge on any atom is -0.463 e. The van der Waals surface area contributed by atoms with Gasteiger partial charge in [0.05, 0.1) is 23.6 Å². The molecule has 3 aromatic heterocycles. The highest BCUT2D eigenvalue weighted by molar-refractivity contribution is 5.93. The number of rotatable bonds is 5. The Morgan fingerprint density at radius 1 is 0.833 bits per heavy atom. The molecule has 1 fully saturated rings. The smallest absolute Gasteiger partial charge is 0.321 e. The Kier molecular flexibility index (Phi) is 5.95. The predicted octanol–water partition coefficient (Wildman–Crippen LogP) is 6.64. The van der Waals surface area contributed by atoms with E-state index in [4.69, 9.17) is 18.8 Å². The number of likely N-dealkylation sites (tertiary alicyclic amines) is 1. The zero-order valence-corrected chi connectivity index (χ0v) is 19.8. The van der Waals surface area contributed by atoms with Gasteiger partial charge < -0.3 is 19.1 Å². The maximum atomic E-state index is 13.0. The summed E-state index contributed by atoms with van der Waals surface area (Å²) in [6.07, 6.45) is 6.29. The molecule has 1 aliphatic rings. The molecule has 0 radical (unpaired) electrons. The summed E-state index contributed by atoms with van der Waals surface area (Å²) in [6.45, 7) is 1.51. The second-order valence-corrected chi connectivity index (χ2v) is 9.13. The number of anilines is 1. The number of aromatic nitrogens is 2. The van der Waals surface area contributed by atoms with Crippen molar-refractivity contribution in [3.8, 4) is 22.9 Å². The van der Waals surface area contributed by atoms with E-state index in [0.717, 1.165) is 32.4 Å². The van der Waals surface area contributed by atoms with Gasteiger partial charge in [-0.2, -0.15) is 0 Å². The van der Waals surface area contributed by atoms with Gasteiger partial charge in [-0.1, -0.05) is 30.3 Å². The highest BCUT2D eigenvalue weighted by atomic mass is 16.3. The number of furan rings is 2. The van der Waals surface area contributed by atoms with E-state index >= 15 is 0 Å². The molecular weight excluding hydrogens is 452 g/mol. The average molecular weight is 479 g/mol. The number of hydrogen-bond acceptors (Lipinski definition) is 5.